The zero-order valence-electron chi connectivity index (χ0n) is 10.2. The number of hydrogen-bond donors (Lipinski definition) is 1. The molecule has 0 saturated heterocycles. The van der Waals surface area contributed by atoms with Crippen molar-refractivity contribution >= 4 is 21.5 Å². The van der Waals surface area contributed by atoms with Crippen LogP contribution in [0.2, 0.25) is 0 Å². The van der Waals surface area contributed by atoms with Crippen LogP contribution in [0, 0.1) is 6.92 Å². The maximum Gasteiger partial charge on any atom is 0.0621 e. The van der Waals surface area contributed by atoms with Crippen molar-refractivity contribution in [3.8, 4) is 0 Å². The predicted molar refractivity (Wildman–Crippen MR) is 79.5 cm³/mol. The molecule has 2 aromatic rings. The third-order valence-corrected chi connectivity index (χ3v) is 3.34. The van der Waals surface area contributed by atoms with Crippen LogP contribution in [0.1, 0.15) is 16.7 Å². The summed E-state index contributed by atoms with van der Waals surface area (Å²) < 4.78 is 1.05. The molecule has 2 heteroatoms. The third kappa shape index (κ3) is 3.09. The number of aliphatic hydroxyl groups excluding tert-OH is 1. The number of halogens is 1. The molecule has 0 aliphatic rings. The highest BCUT2D eigenvalue weighted by atomic mass is 79.9. The molecule has 0 bridgehead atoms. The van der Waals surface area contributed by atoms with Gasteiger partial charge in [-0.05, 0) is 35.8 Å². The molecular formula is C16H15BrO. The van der Waals surface area contributed by atoms with Gasteiger partial charge in [0.2, 0.25) is 0 Å². The molecule has 0 saturated carbocycles. The third-order valence-electron chi connectivity index (χ3n) is 2.81. The normalized spacial score (nSPS) is 11.6. The molecule has 0 aromatic heterocycles. The average Bonchev–Trinajstić information content (AvgIpc) is 2.39. The second-order valence-electron chi connectivity index (χ2n) is 4.17. The quantitative estimate of drug-likeness (QED) is 0.902. The summed E-state index contributed by atoms with van der Waals surface area (Å²) in [6, 6.07) is 16.4. The second kappa shape index (κ2) is 5.98. The molecular weight excluding hydrogens is 288 g/mol. The largest absolute Gasteiger partial charge is 0.392 e. The average molecular weight is 303 g/mol. The molecule has 92 valence electrons. The van der Waals surface area contributed by atoms with Gasteiger partial charge in [-0.1, -0.05) is 64.0 Å². The van der Waals surface area contributed by atoms with Crippen molar-refractivity contribution in [1.29, 1.82) is 0 Å². The maximum absolute atomic E-state index is 9.18. The van der Waals surface area contributed by atoms with Crippen molar-refractivity contribution in [3.63, 3.8) is 0 Å². The van der Waals surface area contributed by atoms with Crippen LogP contribution in [0.5, 0.6) is 0 Å². The fourth-order valence-corrected chi connectivity index (χ4v) is 2.12. The molecule has 2 rings (SSSR count). The highest BCUT2D eigenvalue weighted by molar-refractivity contribution is 9.10. The molecule has 0 fully saturated rings. The number of hydrogen-bond acceptors (Lipinski definition) is 1. The summed E-state index contributed by atoms with van der Waals surface area (Å²) in [6.07, 6.45) is 1.84. The van der Waals surface area contributed by atoms with Gasteiger partial charge < -0.3 is 5.11 Å². The molecule has 1 N–H and O–H groups in total. The summed E-state index contributed by atoms with van der Waals surface area (Å²) in [6.45, 7) is 2.11. The van der Waals surface area contributed by atoms with Gasteiger partial charge in [-0.3, -0.25) is 0 Å². The monoisotopic (exact) mass is 302 g/mol. The SMILES string of the molecule is Cc1ccc(C(=CCO)c2ccc(Br)cc2)cc1. The Morgan fingerprint density at radius 3 is 2.00 bits per heavy atom. The van der Waals surface area contributed by atoms with Crippen LogP contribution in [-0.4, -0.2) is 11.7 Å². The highest BCUT2D eigenvalue weighted by Crippen LogP contribution is 2.25. The summed E-state index contributed by atoms with van der Waals surface area (Å²) in [5.74, 6) is 0. The van der Waals surface area contributed by atoms with E-state index in [9.17, 15) is 5.11 Å². The Labute approximate surface area is 116 Å². The smallest absolute Gasteiger partial charge is 0.0621 e. The van der Waals surface area contributed by atoms with E-state index in [1.165, 1.54) is 5.56 Å². The lowest BCUT2D eigenvalue weighted by molar-refractivity contribution is 0.343. The predicted octanol–water partition coefficient (Wildman–Crippen LogP) is 4.18. The van der Waals surface area contributed by atoms with E-state index >= 15 is 0 Å². The first-order chi connectivity index (χ1) is 8.70. The van der Waals surface area contributed by atoms with Crippen LogP contribution >= 0.6 is 15.9 Å². The first kappa shape index (κ1) is 13.1. The zero-order valence-corrected chi connectivity index (χ0v) is 11.8. The van der Waals surface area contributed by atoms with Gasteiger partial charge in [0.05, 0.1) is 6.61 Å². The van der Waals surface area contributed by atoms with Gasteiger partial charge >= 0.3 is 0 Å². The fourth-order valence-electron chi connectivity index (χ4n) is 1.86. The van der Waals surface area contributed by atoms with Crippen LogP contribution in [0.4, 0.5) is 0 Å². The summed E-state index contributed by atoms with van der Waals surface area (Å²) >= 11 is 3.43. The van der Waals surface area contributed by atoms with Gasteiger partial charge in [0.1, 0.15) is 0 Å². The van der Waals surface area contributed by atoms with Crippen LogP contribution in [0.3, 0.4) is 0 Å². The summed E-state index contributed by atoms with van der Waals surface area (Å²) in [4.78, 5) is 0. The van der Waals surface area contributed by atoms with Crippen LogP contribution in [0.25, 0.3) is 5.57 Å². The molecule has 0 aliphatic heterocycles. The lowest BCUT2D eigenvalue weighted by Gasteiger charge is -2.09. The highest BCUT2D eigenvalue weighted by Gasteiger charge is 2.04. The number of aryl methyl sites for hydroxylation is 1. The lowest BCUT2D eigenvalue weighted by Crippen LogP contribution is -1.90. The molecule has 0 amide bonds. The van der Waals surface area contributed by atoms with Crippen LogP contribution in [-0.2, 0) is 0 Å². The van der Waals surface area contributed by atoms with Gasteiger partial charge in [-0.2, -0.15) is 0 Å². The number of aliphatic hydroxyl groups is 1. The van der Waals surface area contributed by atoms with E-state index in [0.717, 1.165) is 21.2 Å². The van der Waals surface area contributed by atoms with E-state index in [0.29, 0.717) is 0 Å². The molecule has 2 aromatic carbocycles. The molecule has 1 nitrogen and oxygen atoms in total. The van der Waals surface area contributed by atoms with Gasteiger partial charge in [-0.25, -0.2) is 0 Å². The van der Waals surface area contributed by atoms with Crippen LogP contribution < -0.4 is 0 Å². The van der Waals surface area contributed by atoms with Crippen LogP contribution in [0.15, 0.2) is 59.1 Å². The molecule has 0 unspecified atom stereocenters. The van der Waals surface area contributed by atoms with E-state index < -0.39 is 0 Å². The van der Waals surface area contributed by atoms with Crippen molar-refractivity contribution < 1.29 is 5.11 Å². The minimum Gasteiger partial charge on any atom is -0.392 e. The Morgan fingerprint density at radius 1 is 1.00 bits per heavy atom. The number of benzene rings is 2. The first-order valence-electron chi connectivity index (χ1n) is 5.84. The van der Waals surface area contributed by atoms with E-state index in [4.69, 9.17) is 0 Å². The van der Waals surface area contributed by atoms with Crippen molar-refractivity contribution in [3.05, 3.63) is 75.8 Å². The summed E-state index contributed by atoms with van der Waals surface area (Å²) in [5.41, 5.74) is 4.52. The van der Waals surface area contributed by atoms with Crippen molar-refractivity contribution in [2.45, 2.75) is 6.92 Å². The van der Waals surface area contributed by atoms with Gasteiger partial charge in [-0.15, -0.1) is 0 Å². The Morgan fingerprint density at radius 2 is 1.50 bits per heavy atom. The minimum atomic E-state index is 0.0409. The lowest BCUT2D eigenvalue weighted by atomic mass is 9.97. The van der Waals surface area contributed by atoms with Crippen molar-refractivity contribution in [2.24, 2.45) is 0 Å². The van der Waals surface area contributed by atoms with Crippen molar-refractivity contribution in [1.82, 2.24) is 0 Å². The summed E-state index contributed by atoms with van der Waals surface area (Å²) in [5, 5.41) is 9.18. The Bertz CT molecular complexity index is 491. The summed E-state index contributed by atoms with van der Waals surface area (Å²) in [7, 11) is 0. The van der Waals surface area contributed by atoms with E-state index in [-0.39, 0.29) is 6.61 Å². The van der Waals surface area contributed by atoms with E-state index in [2.05, 4.69) is 47.1 Å². The van der Waals surface area contributed by atoms with Gasteiger partial charge in [0, 0.05) is 4.47 Å². The zero-order chi connectivity index (χ0) is 13.0. The first-order valence-corrected chi connectivity index (χ1v) is 6.64. The standard InChI is InChI=1S/C16H15BrO/c1-12-2-4-13(5-3-12)16(10-11-18)14-6-8-15(17)9-7-14/h2-10,18H,11H2,1H3. The minimum absolute atomic E-state index is 0.0409. The number of rotatable bonds is 3. The van der Waals surface area contributed by atoms with E-state index in [1.54, 1.807) is 0 Å². The fraction of sp³-hybridized carbons (Fsp3) is 0.125. The maximum atomic E-state index is 9.18. The molecule has 18 heavy (non-hydrogen) atoms. The Kier molecular flexibility index (Phi) is 4.34. The molecule has 0 spiro atoms. The Hall–Kier alpha value is -1.38. The van der Waals surface area contributed by atoms with Gasteiger partial charge in [0.25, 0.3) is 0 Å². The molecule has 0 radical (unpaired) electrons. The topological polar surface area (TPSA) is 20.2 Å². The second-order valence-corrected chi connectivity index (χ2v) is 5.09. The molecule has 0 atom stereocenters. The molecule has 0 aliphatic carbocycles. The van der Waals surface area contributed by atoms with Crippen molar-refractivity contribution in [2.75, 3.05) is 6.61 Å². The van der Waals surface area contributed by atoms with E-state index in [1.807, 2.05) is 30.3 Å². The van der Waals surface area contributed by atoms with Gasteiger partial charge in [0.15, 0.2) is 0 Å². The molecule has 0 heterocycles. The Balaban J connectivity index is 2.43.